The number of hydrogen-bond donors (Lipinski definition) is 3. The molecular weight excluding hydrogens is 390 g/mol. The summed E-state index contributed by atoms with van der Waals surface area (Å²) in [6.07, 6.45) is 5.19. The molecule has 2 aliphatic carbocycles. The highest BCUT2D eigenvalue weighted by Crippen LogP contribution is 2.39. The van der Waals surface area contributed by atoms with Crippen LogP contribution < -0.4 is 16.4 Å². The second-order valence-corrected chi connectivity index (χ2v) is 10.1. The van der Waals surface area contributed by atoms with Gasteiger partial charge < -0.3 is 16.4 Å². The fourth-order valence-corrected chi connectivity index (χ4v) is 6.16. The lowest BCUT2D eigenvalue weighted by Gasteiger charge is -2.10. The summed E-state index contributed by atoms with van der Waals surface area (Å²) in [5, 5.41) is 15.5. The van der Waals surface area contributed by atoms with Crippen molar-refractivity contribution in [2.24, 2.45) is 5.73 Å². The molecule has 0 spiro atoms. The number of nitrogens with two attached hydrogens (primary N) is 1. The number of anilines is 2. The number of thiophene rings is 1. The number of hydrogen-bond acceptors (Lipinski definition) is 8. The van der Waals surface area contributed by atoms with Gasteiger partial charge in [0.15, 0.2) is 4.34 Å². The average Bonchev–Trinajstić information content (AvgIpc) is 2.96. The minimum absolute atomic E-state index is 0.163. The van der Waals surface area contributed by atoms with Crippen molar-refractivity contribution in [1.29, 1.82) is 0 Å². The number of fused-ring (bicyclic) bond motifs is 1. The smallest absolute Gasteiger partial charge is 0.251 e. The van der Waals surface area contributed by atoms with Gasteiger partial charge in [-0.05, 0) is 44.6 Å². The molecule has 0 radical (unpaired) electrons. The second-order valence-electron chi connectivity index (χ2n) is 6.47. The fraction of sp³-hybridized carbons (Fsp3) is 0.500. The standard InChI is InChI=1S/C16H19N5O2S3/c1-7(24-16-21-20-15(26-16)18-8-5-6-8)13(23)19-14-11(12(17)22)9-3-2-4-10(9)25-14/h7-8H,2-6H2,1H3,(H2,17,22)(H,18,20)(H,19,23)/t7-/m0/s1. The Morgan fingerprint density at radius 2 is 2.08 bits per heavy atom. The zero-order chi connectivity index (χ0) is 18.3. The van der Waals surface area contributed by atoms with Crippen LogP contribution in [0.3, 0.4) is 0 Å². The van der Waals surface area contributed by atoms with Crippen LogP contribution in [0, 0.1) is 0 Å². The Kier molecular flexibility index (Phi) is 4.89. The van der Waals surface area contributed by atoms with Crippen LogP contribution in [-0.4, -0.2) is 33.3 Å². The van der Waals surface area contributed by atoms with Gasteiger partial charge in [0, 0.05) is 10.9 Å². The van der Waals surface area contributed by atoms with Gasteiger partial charge in [-0.15, -0.1) is 21.5 Å². The maximum Gasteiger partial charge on any atom is 0.251 e. The Bertz CT molecular complexity index is 858. The van der Waals surface area contributed by atoms with Gasteiger partial charge in [0.05, 0.1) is 10.8 Å². The molecule has 0 aliphatic heterocycles. The molecule has 4 rings (SSSR count). The van der Waals surface area contributed by atoms with Crippen LogP contribution in [0.15, 0.2) is 4.34 Å². The highest BCUT2D eigenvalue weighted by atomic mass is 32.2. The fourth-order valence-electron chi connectivity index (χ4n) is 2.89. The number of aryl methyl sites for hydroxylation is 1. The first kappa shape index (κ1) is 17.7. The van der Waals surface area contributed by atoms with E-state index in [4.69, 9.17) is 5.73 Å². The number of carbonyl (C=O) groups is 2. The van der Waals surface area contributed by atoms with Crippen molar-refractivity contribution in [3.05, 3.63) is 16.0 Å². The van der Waals surface area contributed by atoms with Gasteiger partial charge >= 0.3 is 0 Å². The second kappa shape index (κ2) is 7.16. The van der Waals surface area contributed by atoms with E-state index in [9.17, 15) is 9.59 Å². The molecule has 2 aromatic heterocycles. The minimum atomic E-state index is -0.472. The van der Waals surface area contributed by atoms with Gasteiger partial charge in [-0.2, -0.15) is 0 Å². The van der Waals surface area contributed by atoms with E-state index in [1.807, 2.05) is 6.92 Å². The van der Waals surface area contributed by atoms with E-state index in [1.54, 1.807) is 0 Å². The summed E-state index contributed by atoms with van der Waals surface area (Å²) in [5.41, 5.74) is 7.04. The summed E-state index contributed by atoms with van der Waals surface area (Å²) in [7, 11) is 0. The van der Waals surface area contributed by atoms with Gasteiger partial charge in [-0.1, -0.05) is 23.1 Å². The predicted octanol–water partition coefficient (Wildman–Crippen LogP) is 2.88. The highest BCUT2D eigenvalue weighted by Gasteiger charge is 2.28. The predicted molar refractivity (Wildman–Crippen MR) is 105 cm³/mol. The molecule has 0 aromatic carbocycles. The first-order valence-electron chi connectivity index (χ1n) is 8.53. The van der Waals surface area contributed by atoms with E-state index in [-0.39, 0.29) is 11.2 Å². The Labute approximate surface area is 163 Å². The summed E-state index contributed by atoms with van der Waals surface area (Å²) in [5.74, 6) is -0.635. The lowest BCUT2D eigenvalue weighted by molar-refractivity contribution is -0.115. The van der Waals surface area contributed by atoms with Crippen molar-refractivity contribution in [2.75, 3.05) is 10.6 Å². The molecule has 1 fully saturated rings. The number of carbonyl (C=O) groups excluding carboxylic acids is 2. The average molecular weight is 410 g/mol. The number of thioether (sulfide) groups is 1. The first-order valence-corrected chi connectivity index (χ1v) is 11.0. The van der Waals surface area contributed by atoms with E-state index in [1.165, 1.54) is 47.3 Å². The number of rotatable bonds is 7. The Hall–Kier alpha value is -1.65. The summed E-state index contributed by atoms with van der Waals surface area (Å²) in [4.78, 5) is 25.6. The third-order valence-corrected chi connectivity index (χ3v) is 7.61. The third-order valence-electron chi connectivity index (χ3n) is 4.36. The van der Waals surface area contributed by atoms with Crippen LogP contribution in [0.4, 0.5) is 10.1 Å². The maximum absolute atomic E-state index is 12.6. The van der Waals surface area contributed by atoms with E-state index in [0.29, 0.717) is 16.6 Å². The summed E-state index contributed by atoms with van der Waals surface area (Å²) >= 11 is 4.29. The summed E-state index contributed by atoms with van der Waals surface area (Å²) < 4.78 is 0.750. The van der Waals surface area contributed by atoms with Crippen LogP contribution in [0.2, 0.25) is 0 Å². The molecule has 1 saturated carbocycles. The Balaban J connectivity index is 1.41. The van der Waals surface area contributed by atoms with Gasteiger partial charge in [-0.3, -0.25) is 9.59 Å². The molecule has 0 saturated heterocycles. The molecule has 7 nitrogen and oxygen atoms in total. The van der Waals surface area contributed by atoms with Gasteiger partial charge in [0.25, 0.3) is 5.91 Å². The van der Waals surface area contributed by atoms with Crippen molar-refractivity contribution in [1.82, 2.24) is 10.2 Å². The first-order chi connectivity index (χ1) is 12.5. The molecule has 1 atom stereocenters. The van der Waals surface area contributed by atoms with E-state index >= 15 is 0 Å². The number of primary amides is 1. The molecule has 138 valence electrons. The normalized spacial score (nSPS) is 17.0. The molecule has 2 aliphatic rings. The summed E-state index contributed by atoms with van der Waals surface area (Å²) in [6.45, 7) is 1.82. The third kappa shape index (κ3) is 3.72. The van der Waals surface area contributed by atoms with E-state index < -0.39 is 5.91 Å². The number of nitrogens with one attached hydrogen (secondary N) is 2. The number of amides is 2. The lowest BCUT2D eigenvalue weighted by Crippen LogP contribution is -2.24. The van der Waals surface area contributed by atoms with Gasteiger partial charge in [0.2, 0.25) is 11.0 Å². The maximum atomic E-state index is 12.6. The van der Waals surface area contributed by atoms with Gasteiger partial charge in [0.1, 0.15) is 5.00 Å². The van der Waals surface area contributed by atoms with Gasteiger partial charge in [-0.25, -0.2) is 0 Å². The molecule has 0 bridgehead atoms. The molecule has 2 aromatic rings. The largest absolute Gasteiger partial charge is 0.365 e. The summed E-state index contributed by atoms with van der Waals surface area (Å²) in [6, 6.07) is 0.523. The monoisotopic (exact) mass is 409 g/mol. The van der Waals surface area contributed by atoms with Crippen LogP contribution >= 0.6 is 34.4 Å². The topological polar surface area (TPSA) is 110 Å². The van der Waals surface area contributed by atoms with Crippen LogP contribution in [0.25, 0.3) is 0 Å². The van der Waals surface area contributed by atoms with Crippen molar-refractivity contribution in [3.63, 3.8) is 0 Å². The number of aromatic nitrogens is 2. The zero-order valence-electron chi connectivity index (χ0n) is 14.2. The Morgan fingerprint density at radius 3 is 2.81 bits per heavy atom. The molecule has 0 unspecified atom stereocenters. The molecule has 4 N–H and O–H groups in total. The molecule has 2 heterocycles. The molecular formula is C16H19N5O2S3. The highest BCUT2D eigenvalue weighted by molar-refractivity contribution is 8.02. The van der Waals surface area contributed by atoms with Crippen molar-refractivity contribution < 1.29 is 9.59 Å². The van der Waals surface area contributed by atoms with E-state index in [2.05, 4.69) is 20.8 Å². The quantitative estimate of drug-likeness (QED) is 0.607. The van der Waals surface area contributed by atoms with Crippen molar-refractivity contribution in [2.45, 2.75) is 54.7 Å². The van der Waals surface area contributed by atoms with Crippen molar-refractivity contribution >= 4 is 56.4 Å². The SMILES string of the molecule is C[C@H](Sc1nnc(NC2CC2)s1)C(=O)Nc1sc2c(c1C(N)=O)CCC2. The zero-order valence-corrected chi connectivity index (χ0v) is 16.7. The minimum Gasteiger partial charge on any atom is -0.365 e. The number of nitrogens with zero attached hydrogens (tertiary/aromatic N) is 2. The lowest BCUT2D eigenvalue weighted by atomic mass is 10.1. The van der Waals surface area contributed by atoms with Crippen molar-refractivity contribution in [3.8, 4) is 0 Å². The van der Waals surface area contributed by atoms with Crippen LogP contribution in [0.1, 0.15) is 47.0 Å². The molecule has 10 heteroatoms. The molecule has 26 heavy (non-hydrogen) atoms. The van der Waals surface area contributed by atoms with E-state index in [0.717, 1.165) is 39.2 Å². The van der Waals surface area contributed by atoms with Crippen LogP contribution in [-0.2, 0) is 17.6 Å². The molecule has 2 amide bonds. The Morgan fingerprint density at radius 1 is 1.27 bits per heavy atom. The van der Waals surface area contributed by atoms with Crippen LogP contribution in [0.5, 0.6) is 0 Å².